The van der Waals surface area contributed by atoms with Gasteiger partial charge in [0, 0.05) is 260 Å². The largest absolute Gasteiger partial charge is 0.361 e. The monoisotopic (exact) mass is 1630 g/mol. The van der Waals surface area contributed by atoms with E-state index >= 15 is 0 Å². The molecule has 0 amide bonds. The minimum absolute atomic E-state index is 0.887. The lowest BCUT2D eigenvalue weighted by Gasteiger charge is -2.32. The summed E-state index contributed by atoms with van der Waals surface area (Å²) >= 11 is 0. The van der Waals surface area contributed by atoms with Crippen molar-refractivity contribution in [3.63, 3.8) is 0 Å². The van der Waals surface area contributed by atoms with Gasteiger partial charge in [-0.2, -0.15) is 5.10 Å². The van der Waals surface area contributed by atoms with Gasteiger partial charge < -0.3 is 24.6 Å². The molecular weight excluding hydrogens is 1520 g/mol. The summed E-state index contributed by atoms with van der Waals surface area (Å²) in [4.78, 5) is 46.7. The Bertz CT molecular complexity index is 6040. The van der Waals surface area contributed by atoms with Crippen LogP contribution in [0.5, 0.6) is 0 Å². The lowest BCUT2D eigenvalue weighted by atomic mass is 9.96. The van der Waals surface area contributed by atoms with E-state index < -0.39 is 0 Å². The fourth-order valence-electron chi connectivity index (χ4n) is 18.6. The molecule has 624 valence electrons. The summed E-state index contributed by atoms with van der Waals surface area (Å²) in [6.45, 7) is 26.8. The van der Waals surface area contributed by atoms with Crippen LogP contribution in [0.4, 0.5) is 0 Å². The third kappa shape index (κ3) is 19.0. The van der Waals surface area contributed by atoms with Gasteiger partial charge in [0.15, 0.2) is 0 Å². The number of nitrogens with one attached hydrogen (secondary N) is 2. The Hall–Kier alpha value is -12.1. The average Bonchev–Trinajstić information content (AvgIpc) is 1.63. The highest BCUT2D eigenvalue weighted by Crippen LogP contribution is 2.41. The molecule has 4 aliphatic carbocycles. The van der Waals surface area contributed by atoms with E-state index in [1.807, 2.05) is 50.3 Å². The first-order valence-electron chi connectivity index (χ1n) is 44.6. The van der Waals surface area contributed by atoms with Crippen molar-refractivity contribution in [2.45, 2.75) is 65.7 Å². The molecule has 0 atom stereocenters. The minimum atomic E-state index is 0.887. The quantitative estimate of drug-likeness (QED) is 0.0950. The number of aryl methyl sites for hydroxylation is 2. The van der Waals surface area contributed by atoms with Crippen molar-refractivity contribution in [3.8, 4) is 44.5 Å². The van der Waals surface area contributed by atoms with Gasteiger partial charge in [-0.3, -0.25) is 49.6 Å². The number of aromatic nitrogens is 8. The number of aromatic amines is 2. The van der Waals surface area contributed by atoms with Crippen molar-refractivity contribution >= 4 is 44.1 Å². The molecule has 7 aromatic carbocycles. The molecule has 0 radical (unpaired) electrons. The molecule has 0 saturated carbocycles. The van der Waals surface area contributed by atoms with E-state index in [2.05, 4.69) is 319 Å². The normalized spacial score (nSPS) is 17.0. The highest BCUT2D eigenvalue weighted by Gasteiger charge is 2.26. The number of hydrogen-bond acceptors (Lipinski definition) is 14. The van der Waals surface area contributed by atoms with E-state index in [1.54, 1.807) is 0 Å². The number of allylic oxidation sites excluding steroid dienone is 4. The van der Waals surface area contributed by atoms with Crippen molar-refractivity contribution in [3.05, 3.63) is 369 Å². The molecule has 4 saturated heterocycles. The number of hydrogen-bond donors (Lipinski definition) is 2. The summed E-state index contributed by atoms with van der Waals surface area (Å²) in [5.41, 5.74) is 39.5. The minimum Gasteiger partial charge on any atom is -0.361 e. The number of pyridine rings is 5. The molecule has 22 rings (SSSR count). The van der Waals surface area contributed by atoms with Crippen molar-refractivity contribution in [1.82, 2.24) is 79.3 Å². The lowest BCUT2D eigenvalue weighted by Crippen LogP contribution is -2.43. The van der Waals surface area contributed by atoms with E-state index in [9.17, 15) is 0 Å². The molecule has 0 unspecified atom stereocenters. The Kier molecular flexibility index (Phi) is 24.5. The summed E-state index contributed by atoms with van der Waals surface area (Å²) in [6, 6.07) is 73.6. The second-order valence-electron chi connectivity index (χ2n) is 35.3. The standard InChI is InChI=1S/C28H28N4.C27H27N5.C27H29N3.C26H28N4/c1-31-12-14-32(15-13-31)19-20-2-4-21(5-3-20)24-17-26-25(7-9-28(26)30-18-24)22-6-8-27-23(16-22)10-11-29-27;1-31-10-12-32(13-11-31)18-19-2-4-20(5-3-19)22-15-25-24(7-9-27(25)28-16-22)21-6-8-26-23(14-21)17-29-30-26;1-20-4-3-5-23(16-20)25-10-11-27-26(25)17-24(18-28-27)22-8-6-21(7-9-22)19-30-14-12-29(2)13-15-30;1-19-3-6-22(16-27-19)24-9-10-26-25(24)15-23(17-28-26)21-7-4-20(5-8-21)18-30-13-11-29(2)12-14-30/h2-8,10-11,16-18,29H,9,12-15,19H2,1H3;2-8,14-17H,9-13,18H2,1H3,(H,29,30);3-10,16-18H,11-15,19H2,1-2H3;3-9,15-17H,10-14,18H2,1-2H3. The van der Waals surface area contributed by atoms with Gasteiger partial charge in [-0.15, -0.1) is 0 Å². The number of nitrogens with zero attached hydrogens (tertiary/aromatic N) is 14. The number of fused-ring (bicyclic) bond motifs is 6. The van der Waals surface area contributed by atoms with Gasteiger partial charge in [-0.05, 0) is 192 Å². The number of benzene rings is 7. The first-order chi connectivity index (χ1) is 60.8. The summed E-state index contributed by atoms with van der Waals surface area (Å²) in [5, 5.41) is 9.57. The van der Waals surface area contributed by atoms with Crippen molar-refractivity contribution < 1.29 is 0 Å². The van der Waals surface area contributed by atoms with Gasteiger partial charge in [0.25, 0.3) is 0 Å². The molecule has 124 heavy (non-hydrogen) atoms. The molecule has 0 bridgehead atoms. The lowest BCUT2D eigenvalue weighted by molar-refractivity contribution is 0.148. The maximum absolute atomic E-state index is 4.82. The zero-order valence-electron chi connectivity index (χ0n) is 72.6. The molecule has 4 fully saturated rings. The van der Waals surface area contributed by atoms with E-state index in [4.69, 9.17) is 19.9 Å². The topological polar surface area (TPSA) is 135 Å². The smallest absolute Gasteiger partial charge is 0.0650 e. The van der Waals surface area contributed by atoms with Crippen molar-refractivity contribution in [2.75, 3.05) is 133 Å². The van der Waals surface area contributed by atoms with Crippen LogP contribution >= 0.6 is 0 Å². The van der Waals surface area contributed by atoms with Crippen LogP contribution in [0.2, 0.25) is 0 Å². The number of piperazine rings is 4. The molecule has 0 spiro atoms. The van der Waals surface area contributed by atoms with Crippen LogP contribution in [0.1, 0.15) is 101 Å². The van der Waals surface area contributed by atoms with Crippen LogP contribution in [-0.4, -0.2) is 212 Å². The molecule has 8 aliphatic rings. The fourth-order valence-corrected chi connectivity index (χ4v) is 18.6. The molecule has 7 aromatic heterocycles. The zero-order chi connectivity index (χ0) is 84.0. The van der Waals surface area contributed by atoms with Gasteiger partial charge in [-0.25, -0.2) is 0 Å². The number of likely N-dealkylation sites (N-methyl/N-ethyl adjacent to an activating group) is 4. The van der Waals surface area contributed by atoms with Crippen LogP contribution in [0, 0.1) is 13.8 Å². The summed E-state index contributed by atoms with van der Waals surface area (Å²) in [6.07, 6.45) is 26.7. The second kappa shape index (κ2) is 37.2. The molecule has 11 heterocycles. The Balaban J connectivity index is 0.000000108. The van der Waals surface area contributed by atoms with Crippen LogP contribution < -0.4 is 0 Å². The Morgan fingerprint density at radius 1 is 0.274 bits per heavy atom. The molecule has 14 aromatic rings. The highest BCUT2D eigenvalue weighted by atomic mass is 15.3. The summed E-state index contributed by atoms with van der Waals surface area (Å²) in [5.74, 6) is 0. The van der Waals surface area contributed by atoms with Crippen LogP contribution in [0.15, 0.2) is 268 Å². The van der Waals surface area contributed by atoms with E-state index in [1.165, 1.54) is 161 Å². The highest BCUT2D eigenvalue weighted by molar-refractivity contribution is 5.93. The molecule has 16 nitrogen and oxygen atoms in total. The Morgan fingerprint density at radius 2 is 0.597 bits per heavy atom. The van der Waals surface area contributed by atoms with Gasteiger partial charge >= 0.3 is 0 Å². The van der Waals surface area contributed by atoms with Gasteiger partial charge in [0.1, 0.15) is 0 Å². The predicted octanol–water partition coefficient (Wildman–Crippen LogP) is 18.3. The molecule has 4 aliphatic heterocycles. The average molecular weight is 1630 g/mol. The first kappa shape index (κ1) is 81.6. The van der Waals surface area contributed by atoms with Gasteiger partial charge in [0.05, 0.1) is 34.5 Å². The van der Waals surface area contributed by atoms with E-state index in [0.29, 0.717) is 0 Å². The maximum Gasteiger partial charge on any atom is 0.0650 e. The van der Waals surface area contributed by atoms with Gasteiger partial charge in [-0.1, -0.05) is 169 Å². The Morgan fingerprint density at radius 3 is 0.952 bits per heavy atom. The zero-order valence-corrected chi connectivity index (χ0v) is 72.6. The fraction of sp³-hybridized carbons (Fsp3) is 0.278. The molecular formula is C108H112N16. The maximum atomic E-state index is 4.82. The van der Waals surface area contributed by atoms with E-state index in [-0.39, 0.29) is 0 Å². The first-order valence-corrected chi connectivity index (χ1v) is 44.6. The number of rotatable bonds is 16. The third-order valence-electron chi connectivity index (χ3n) is 26.4. The second-order valence-corrected chi connectivity index (χ2v) is 35.3. The summed E-state index contributed by atoms with van der Waals surface area (Å²) in [7, 11) is 8.81. The van der Waals surface area contributed by atoms with Crippen LogP contribution in [0.3, 0.4) is 0 Å². The van der Waals surface area contributed by atoms with Crippen molar-refractivity contribution in [2.24, 2.45) is 0 Å². The van der Waals surface area contributed by atoms with E-state index in [0.717, 1.165) is 185 Å². The van der Waals surface area contributed by atoms with Crippen LogP contribution in [-0.2, 0) is 51.9 Å². The Labute approximate surface area is 730 Å². The number of H-pyrrole nitrogens is 2. The SMILES string of the molecule is CN1CCN(Cc2ccc(-c3cnc4c(c3)C(c3ccc5[nH]ccc5c3)=CC4)cc2)CC1.CN1CCN(Cc2ccc(-c3cnc4c(c3)C(c3ccc5[nH]ncc5c3)=CC4)cc2)CC1.Cc1ccc(C2=CCc3ncc(-c4ccc(CN5CCN(C)CC5)cc4)cc32)cn1.Cc1cccc(C2=CCc3ncc(-c4ccc(CN5CCN(C)CC5)cc4)cc32)c1. The third-order valence-corrected chi connectivity index (χ3v) is 26.4. The summed E-state index contributed by atoms with van der Waals surface area (Å²) < 4.78 is 0. The molecule has 16 heteroatoms. The molecule has 2 N–H and O–H groups in total. The van der Waals surface area contributed by atoms with Crippen molar-refractivity contribution in [1.29, 1.82) is 0 Å². The van der Waals surface area contributed by atoms with Gasteiger partial charge in [0.2, 0.25) is 0 Å². The predicted molar refractivity (Wildman–Crippen MR) is 507 cm³/mol. The van der Waals surface area contributed by atoms with Crippen LogP contribution in [0.25, 0.3) is 88.6 Å².